The molecule has 0 saturated carbocycles. The number of anilines is 2. The van der Waals surface area contributed by atoms with Crippen LogP contribution < -0.4 is 10.1 Å². The van der Waals surface area contributed by atoms with Gasteiger partial charge in [0, 0.05) is 30.0 Å². The van der Waals surface area contributed by atoms with Crippen LogP contribution in [-0.2, 0) is 24.7 Å². The van der Waals surface area contributed by atoms with Crippen molar-refractivity contribution in [3.8, 4) is 5.75 Å². The van der Waals surface area contributed by atoms with E-state index in [-0.39, 0.29) is 12.5 Å². The molecule has 27 heavy (non-hydrogen) atoms. The van der Waals surface area contributed by atoms with Gasteiger partial charge < -0.3 is 19.5 Å². The largest absolute Gasteiger partial charge is 0.497 e. The Morgan fingerprint density at radius 2 is 2.15 bits per heavy atom. The van der Waals surface area contributed by atoms with E-state index < -0.39 is 23.0 Å². The summed E-state index contributed by atoms with van der Waals surface area (Å²) >= 11 is 1.41. The molecule has 1 spiro atoms. The van der Waals surface area contributed by atoms with Gasteiger partial charge in [0.2, 0.25) is 0 Å². The number of esters is 2. The van der Waals surface area contributed by atoms with Crippen molar-refractivity contribution < 1.29 is 23.8 Å². The van der Waals surface area contributed by atoms with E-state index in [1.165, 1.54) is 11.3 Å². The Bertz CT molecular complexity index is 913. The van der Waals surface area contributed by atoms with Gasteiger partial charge in [-0.25, -0.2) is 4.98 Å². The van der Waals surface area contributed by atoms with E-state index in [1.807, 2.05) is 29.6 Å². The highest BCUT2D eigenvalue weighted by Crippen LogP contribution is 2.52. The monoisotopic (exact) mass is 388 g/mol. The summed E-state index contributed by atoms with van der Waals surface area (Å²) in [7, 11) is 1.61. The van der Waals surface area contributed by atoms with E-state index in [9.17, 15) is 9.59 Å². The van der Waals surface area contributed by atoms with Gasteiger partial charge in [0.05, 0.1) is 12.8 Å². The number of carbonyl (C=O) groups excluding carboxylic acids is 2. The van der Waals surface area contributed by atoms with Gasteiger partial charge in [-0.1, -0.05) is 6.07 Å². The number of nitrogens with one attached hydrogen (secondary N) is 1. The molecule has 0 amide bonds. The summed E-state index contributed by atoms with van der Waals surface area (Å²) in [6.07, 6.45) is 0.303. The molecule has 0 radical (unpaired) electrons. The Balaban J connectivity index is 1.56. The van der Waals surface area contributed by atoms with Crippen LogP contribution >= 0.6 is 11.3 Å². The Morgan fingerprint density at radius 1 is 1.33 bits per heavy atom. The van der Waals surface area contributed by atoms with Crippen molar-refractivity contribution in [3.05, 3.63) is 35.3 Å². The van der Waals surface area contributed by atoms with Crippen LogP contribution in [0.25, 0.3) is 0 Å². The van der Waals surface area contributed by atoms with Gasteiger partial charge in [-0.2, -0.15) is 0 Å². The third-order valence-electron chi connectivity index (χ3n) is 5.05. The van der Waals surface area contributed by atoms with E-state index in [0.29, 0.717) is 17.2 Å². The number of cyclic esters (lactones) is 2. The summed E-state index contributed by atoms with van der Waals surface area (Å²) in [4.78, 5) is 29.4. The predicted octanol–water partition coefficient (Wildman–Crippen LogP) is 3.38. The normalized spacial score (nSPS) is 29.7. The quantitative estimate of drug-likeness (QED) is 0.635. The van der Waals surface area contributed by atoms with Crippen molar-refractivity contribution >= 4 is 34.1 Å². The van der Waals surface area contributed by atoms with Gasteiger partial charge in [-0.05, 0) is 26.0 Å². The van der Waals surface area contributed by atoms with Crippen LogP contribution in [0.1, 0.15) is 32.4 Å². The SMILES string of the molecule is COc1cccc(Nc2nc([C@@]3(C)C[C@]4(C[C@@H](C)OC4=O)C(=O)O3)cs2)c1. The number of rotatable bonds is 4. The van der Waals surface area contributed by atoms with Crippen LogP contribution in [0.15, 0.2) is 29.6 Å². The topological polar surface area (TPSA) is 86.8 Å². The number of thiazole rings is 1. The number of aromatic nitrogens is 1. The van der Waals surface area contributed by atoms with Crippen molar-refractivity contribution in [2.24, 2.45) is 5.41 Å². The second-order valence-corrected chi connectivity index (χ2v) is 8.05. The maximum Gasteiger partial charge on any atom is 0.324 e. The number of carbonyl (C=O) groups is 2. The highest BCUT2D eigenvalue weighted by Gasteiger charge is 2.65. The maximum absolute atomic E-state index is 12.5. The van der Waals surface area contributed by atoms with Crippen LogP contribution in [-0.4, -0.2) is 30.1 Å². The Morgan fingerprint density at radius 3 is 2.85 bits per heavy atom. The lowest BCUT2D eigenvalue weighted by Gasteiger charge is -2.20. The molecule has 2 saturated heterocycles. The minimum absolute atomic E-state index is 0.240. The summed E-state index contributed by atoms with van der Waals surface area (Å²) < 4.78 is 16.1. The van der Waals surface area contributed by atoms with E-state index in [0.717, 1.165) is 11.4 Å². The number of nitrogens with zero attached hydrogens (tertiary/aromatic N) is 1. The standard InChI is InChI=1S/C19H20N2O5S/c1-11-8-19(15(22)25-11)10-18(2,26-16(19)23)14-9-27-17(21-14)20-12-5-4-6-13(7-12)24-3/h4-7,9,11H,8,10H2,1-3H3,(H,20,21)/t11-,18-,19+/m1/s1. The molecule has 0 bridgehead atoms. The molecular weight excluding hydrogens is 368 g/mol. The molecule has 4 rings (SSSR count). The van der Waals surface area contributed by atoms with Crippen LogP contribution in [0.5, 0.6) is 5.75 Å². The predicted molar refractivity (Wildman–Crippen MR) is 99.1 cm³/mol. The highest BCUT2D eigenvalue weighted by atomic mass is 32.1. The second-order valence-electron chi connectivity index (χ2n) is 7.19. The highest BCUT2D eigenvalue weighted by molar-refractivity contribution is 7.13. The molecule has 2 aromatic rings. The number of methoxy groups -OCH3 is 1. The summed E-state index contributed by atoms with van der Waals surface area (Å²) in [6, 6.07) is 7.51. The van der Waals surface area contributed by atoms with Crippen LogP contribution in [0, 0.1) is 5.41 Å². The van der Waals surface area contributed by atoms with Gasteiger partial charge >= 0.3 is 11.9 Å². The summed E-state index contributed by atoms with van der Waals surface area (Å²) in [5.74, 6) is -0.271. The number of benzene rings is 1. The maximum atomic E-state index is 12.5. The van der Waals surface area contributed by atoms with E-state index in [1.54, 1.807) is 21.0 Å². The smallest absolute Gasteiger partial charge is 0.324 e. The molecule has 0 aliphatic carbocycles. The van der Waals surface area contributed by atoms with Crippen LogP contribution in [0.2, 0.25) is 0 Å². The third-order valence-corrected chi connectivity index (χ3v) is 5.81. The fourth-order valence-corrected chi connectivity index (χ4v) is 4.60. The molecule has 3 heterocycles. The van der Waals surface area contributed by atoms with Gasteiger partial charge in [-0.15, -0.1) is 11.3 Å². The first kappa shape index (κ1) is 17.8. The summed E-state index contributed by atoms with van der Waals surface area (Å²) in [5.41, 5.74) is -0.702. The Labute approximate surface area is 160 Å². The average Bonchev–Trinajstić information content (AvgIpc) is 3.27. The van der Waals surface area contributed by atoms with Crippen molar-refractivity contribution in [2.45, 2.75) is 38.4 Å². The Hall–Kier alpha value is -2.61. The lowest BCUT2D eigenvalue weighted by Crippen LogP contribution is -2.31. The molecule has 8 heteroatoms. The molecule has 1 aromatic heterocycles. The summed E-state index contributed by atoms with van der Waals surface area (Å²) in [5, 5.41) is 5.73. The minimum Gasteiger partial charge on any atom is -0.497 e. The minimum atomic E-state index is -1.21. The van der Waals surface area contributed by atoms with Crippen LogP contribution in [0.4, 0.5) is 10.8 Å². The lowest BCUT2D eigenvalue weighted by molar-refractivity contribution is -0.160. The van der Waals surface area contributed by atoms with Gasteiger partial charge in [0.15, 0.2) is 16.1 Å². The summed E-state index contributed by atoms with van der Waals surface area (Å²) in [6.45, 7) is 3.58. The zero-order valence-electron chi connectivity index (χ0n) is 15.3. The first-order valence-electron chi connectivity index (χ1n) is 8.66. The third kappa shape index (κ3) is 2.93. The van der Waals surface area contributed by atoms with Gasteiger partial charge in [-0.3, -0.25) is 9.59 Å². The molecule has 1 aromatic carbocycles. The molecule has 0 unspecified atom stereocenters. The first-order chi connectivity index (χ1) is 12.8. The van der Waals surface area contributed by atoms with Crippen molar-refractivity contribution in [3.63, 3.8) is 0 Å². The number of hydrogen-bond donors (Lipinski definition) is 1. The molecule has 2 aliphatic rings. The molecular formula is C19H20N2O5S. The van der Waals surface area contributed by atoms with Crippen molar-refractivity contribution in [1.29, 1.82) is 0 Å². The molecule has 2 fully saturated rings. The average molecular weight is 388 g/mol. The van der Waals surface area contributed by atoms with Gasteiger partial charge in [0.1, 0.15) is 11.9 Å². The molecule has 3 atom stereocenters. The molecule has 142 valence electrons. The molecule has 2 aliphatic heterocycles. The van der Waals surface area contributed by atoms with Crippen LogP contribution in [0.3, 0.4) is 0 Å². The van der Waals surface area contributed by atoms with Crippen molar-refractivity contribution in [2.75, 3.05) is 12.4 Å². The zero-order chi connectivity index (χ0) is 19.2. The number of hydrogen-bond acceptors (Lipinski definition) is 8. The van der Waals surface area contributed by atoms with E-state index in [4.69, 9.17) is 14.2 Å². The second kappa shape index (κ2) is 6.23. The van der Waals surface area contributed by atoms with E-state index in [2.05, 4.69) is 10.3 Å². The van der Waals surface area contributed by atoms with Gasteiger partial charge in [0.25, 0.3) is 0 Å². The molecule has 7 nitrogen and oxygen atoms in total. The fourth-order valence-electron chi connectivity index (χ4n) is 3.75. The molecule has 1 N–H and O–H groups in total. The Kier molecular flexibility index (Phi) is 4.10. The number of ether oxygens (including phenoxy) is 3. The van der Waals surface area contributed by atoms with Crippen molar-refractivity contribution in [1.82, 2.24) is 4.98 Å². The lowest BCUT2D eigenvalue weighted by atomic mass is 9.78. The zero-order valence-corrected chi connectivity index (χ0v) is 16.1. The first-order valence-corrected chi connectivity index (χ1v) is 9.54. The van der Waals surface area contributed by atoms with E-state index >= 15 is 0 Å². The fraction of sp³-hybridized carbons (Fsp3) is 0.421.